The highest BCUT2D eigenvalue weighted by Crippen LogP contribution is 2.33. The molecular weight excluding hydrogens is 318 g/mol. The van der Waals surface area contributed by atoms with Crippen LogP contribution >= 0.6 is 23.7 Å². The van der Waals surface area contributed by atoms with E-state index in [0.29, 0.717) is 12.5 Å². The lowest BCUT2D eigenvalue weighted by Gasteiger charge is -2.16. The molecule has 1 amide bonds. The van der Waals surface area contributed by atoms with Crippen molar-refractivity contribution in [1.29, 1.82) is 0 Å². The third-order valence-electron chi connectivity index (χ3n) is 4.87. The van der Waals surface area contributed by atoms with E-state index in [4.69, 9.17) is 5.73 Å². The van der Waals surface area contributed by atoms with E-state index in [1.54, 1.807) is 11.3 Å². The van der Waals surface area contributed by atoms with Gasteiger partial charge in [-0.1, -0.05) is 19.3 Å². The molecule has 1 aromatic heterocycles. The normalized spacial score (nSPS) is 24.8. The second kappa shape index (κ2) is 8.27. The van der Waals surface area contributed by atoms with Gasteiger partial charge in [0.2, 0.25) is 5.91 Å². The van der Waals surface area contributed by atoms with Crippen LogP contribution in [0.15, 0.2) is 0 Å². The summed E-state index contributed by atoms with van der Waals surface area (Å²) in [5.74, 6) is 0.567. The lowest BCUT2D eigenvalue weighted by atomic mass is 9.95. The number of carbonyl (C=O) groups is 1. The molecule has 0 saturated heterocycles. The molecule has 1 heterocycles. The minimum absolute atomic E-state index is 0. The SMILES string of the molecule is Cl.NC[C@H]1CCC[C@H]1C(=O)Nc1nc2c(s1)CCCCCC2. The zero-order valence-electron chi connectivity index (χ0n) is 13.0. The van der Waals surface area contributed by atoms with Crippen molar-refractivity contribution in [2.24, 2.45) is 17.6 Å². The summed E-state index contributed by atoms with van der Waals surface area (Å²) in [4.78, 5) is 18.5. The van der Waals surface area contributed by atoms with E-state index >= 15 is 0 Å². The molecule has 2 atom stereocenters. The predicted molar refractivity (Wildman–Crippen MR) is 93.8 cm³/mol. The molecule has 6 heteroatoms. The highest BCUT2D eigenvalue weighted by molar-refractivity contribution is 7.15. The summed E-state index contributed by atoms with van der Waals surface area (Å²) in [5, 5.41) is 3.86. The van der Waals surface area contributed by atoms with Crippen molar-refractivity contribution in [2.45, 2.75) is 57.8 Å². The van der Waals surface area contributed by atoms with Crippen molar-refractivity contribution in [2.75, 3.05) is 11.9 Å². The van der Waals surface area contributed by atoms with E-state index in [0.717, 1.165) is 37.2 Å². The van der Waals surface area contributed by atoms with Crippen LogP contribution in [0.3, 0.4) is 0 Å². The summed E-state index contributed by atoms with van der Waals surface area (Å²) in [6.07, 6.45) is 10.5. The van der Waals surface area contributed by atoms with E-state index in [2.05, 4.69) is 10.3 Å². The Morgan fingerprint density at radius 2 is 1.95 bits per heavy atom. The minimum atomic E-state index is 0. The van der Waals surface area contributed by atoms with Crippen LogP contribution in [0.4, 0.5) is 5.13 Å². The Hall–Kier alpha value is -0.650. The summed E-state index contributed by atoms with van der Waals surface area (Å²) >= 11 is 1.68. The van der Waals surface area contributed by atoms with Crippen LogP contribution in [-0.2, 0) is 17.6 Å². The molecule has 1 aromatic rings. The fraction of sp³-hybridized carbons (Fsp3) is 0.750. The molecule has 0 radical (unpaired) electrons. The third-order valence-corrected chi connectivity index (χ3v) is 5.95. The minimum Gasteiger partial charge on any atom is -0.330 e. The van der Waals surface area contributed by atoms with Gasteiger partial charge in [-0.25, -0.2) is 4.98 Å². The molecule has 4 nitrogen and oxygen atoms in total. The Bertz CT molecular complexity index is 480. The standard InChI is InChI=1S/C16H25N3OS.ClH/c17-10-11-6-5-7-12(11)15(20)19-16-18-13-8-3-1-2-4-9-14(13)21-16;/h11-12H,1-10,17H2,(H,18,19,20);1H/t11-,12-;/m1./s1. The highest BCUT2D eigenvalue weighted by atomic mass is 35.5. The highest BCUT2D eigenvalue weighted by Gasteiger charge is 2.32. The molecule has 0 spiro atoms. The fourth-order valence-electron chi connectivity index (χ4n) is 3.62. The quantitative estimate of drug-likeness (QED) is 0.882. The first kappa shape index (κ1) is 17.7. The maximum atomic E-state index is 12.4. The number of thiazole rings is 1. The number of aromatic nitrogens is 1. The Morgan fingerprint density at radius 3 is 2.73 bits per heavy atom. The second-order valence-electron chi connectivity index (χ2n) is 6.33. The number of aryl methyl sites for hydroxylation is 2. The van der Waals surface area contributed by atoms with Gasteiger partial charge in [-0.15, -0.1) is 23.7 Å². The van der Waals surface area contributed by atoms with Crippen LogP contribution in [0.5, 0.6) is 0 Å². The van der Waals surface area contributed by atoms with Gasteiger partial charge in [0.15, 0.2) is 5.13 Å². The Morgan fingerprint density at radius 1 is 1.18 bits per heavy atom. The number of hydrogen-bond donors (Lipinski definition) is 2. The molecular formula is C16H26ClN3OS. The molecule has 1 fully saturated rings. The number of halogens is 1. The van der Waals surface area contributed by atoms with Gasteiger partial charge in [0.1, 0.15) is 0 Å². The topological polar surface area (TPSA) is 68.0 Å². The van der Waals surface area contributed by atoms with Gasteiger partial charge >= 0.3 is 0 Å². The summed E-state index contributed by atoms with van der Waals surface area (Å²) in [7, 11) is 0. The second-order valence-corrected chi connectivity index (χ2v) is 7.41. The number of anilines is 1. The summed E-state index contributed by atoms with van der Waals surface area (Å²) in [6, 6.07) is 0. The molecule has 2 aliphatic carbocycles. The van der Waals surface area contributed by atoms with Crippen LogP contribution in [0.25, 0.3) is 0 Å². The van der Waals surface area contributed by atoms with Gasteiger partial charge in [-0.3, -0.25) is 4.79 Å². The summed E-state index contributed by atoms with van der Waals surface area (Å²) in [6.45, 7) is 0.618. The van der Waals surface area contributed by atoms with Crippen LogP contribution in [0.1, 0.15) is 55.5 Å². The van der Waals surface area contributed by atoms with Crippen molar-refractivity contribution >= 4 is 34.8 Å². The van der Waals surface area contributed by atoms with Gasteiger partial charge < -0.3 is 11.1 Å². The molecule has 3 N–H and O–H groups in total. The first-order chi connectivity index (χ1) is 10.3. The van der Waals surface area contributed by atoms with Gasteiger partial charge in [0.05, 0.1) is 5.69 Å². The number of nitrogens with one attached hydrogen (secondary N) is 1. The van der Waals surface area contributed by atoms with Gasteiger partial charge in [-0.05, 0) is 51.0 Å². The van der Waals surface area contributed by atoms with Crippen LogP contribution < -0.4 is 11.1 Å². The predicted octanol–water partition coefficient (Wildman–Crippen LogP) is 3.54. The number of amides is 1. The molecule has 1 saturated carbocycles. The molecule has 22 heavy (non-hydrogen) atoms. The number of nitrogens with two attached hydrogens (primary N) is 1. The van der Waals surface area contributed by atoms with Crippen LogP contribution in [0, 0.1) is 11.8 Å². The Balaban J connectivity index is 0.00000176. The number of rotatable bonds is 3. The van der Waals surface area contributed by atoms with Crippen molar-refractivity contribution in [3.63, 3.8) is 0 Å². The third kappa shape index (κ3) is 4.00. The molecule has 2 aliphatic rings. The largest absolute Gasteiger partial charge is 0.330 e. The van der Waals surface area contributed by atoms with Crippen molar-refractivity contribution in [3.05, 3.63) is 10.6 Å². The average Bonchev–Trinajstić information content (AvgIpc) is 3.06. The number of nitrogens with zero attached hydrogens (tertiary/aromatic N) is 1. The molecule has 0 bridgehead atoms. The van der Waals surface area contributed by atoms with Crippen LogP contribution in [0.2, 0.25) is 0 Å². The van der Waals surface area contributed by atoms with Crippen LogP contribution in [-0.4, -0.2) is 17.4 Å². The van der Waals surface area contributed by atoms with Crippen molar-refractivity contribution in [3.8, 4) is 0 Å². The summed E-state index contributed by atoms with van der Waals surface area (Å²) in [5.41, 5.74) is 7.00. The maximum absolute atomic E-state index is 12.4. The molecule has 0 aliphatic heterocycles. The first-order valence-electron chi connectivity index (χ1n) is 8.27. The number of hydrogen-bond acceptors (Lipinski definition) is 4. The van der Waals surface area contributed by atoms with E-state index in [-0.39, 0.29) is 24.2 Å². The Kier molecular flexibility index (Phi) is 6.66. The average molecular weight is 344 g/mol. The lowest BCUT2D eigenvalue weighted by Crippen LogP contribution is -2.29. The fourth-order valence-corrected chi connectivity index (χ4v) is 4.67. The van der Waals surface area contributed by atoms with E-state index < -0.39 is 0 Å². The smallest absolute Gasteiger partial charge is 0.229 e. The van der Waals surface area contributed by atoms with Gasteiger partial charge in [-0.2, -0.15) is 0 Å². The van der Waals surface area contributed by atoms with E-state index in [9.17, 15) is 4.79 Å². The van der Waals surface area contributed by atoms with E-state index in [1.807, 2.05) is 0 Å². The van der Waals surface area contributed by atoms with E-state index in [1.165, 1.54) is 36.3 Å². The van der Waals surface area contributed by atoms with Gasteiger partial charge in [0, 0.05) is 10.8 Å². The summed E-state index contributed by atoms with van der Waals surface area (Å²) < 4.78 is 0. The molecule has 0 aromatic carbocycles. The molecule has 0 unspecified atom stereocenters. The Labute approximate surface area is 142 Å². The maximum Gasteiger partial charge on any atom is 0.229 e. The van der Waals surface area contributed by atoms with Gasteiger partial charge in [0.25, 0.3) is 0 Å². The zero-order chi connectivity index (χ0) is 14.7. The number of fused-ring (bicyclic) bond motifs is 1. The van der Waals surface area contributed by atoms with Crippen molar-refractivity contribution < 1.29 is 4.79 Å². The number of carbonyl (C=O) groups excluding carboxylic acids is 1. The van der Waals surface area contributed by atoms with Crippen molar-refractivity contribution in [1.82, 2.24) is 4.98 Å². The molecule has 124 valence electrons. The zero-order valence-corrected chi connectivity index (χ0v) is 14.6. The first-order valence-corrected chi connectivity index (χ1v) is 9.09. The molecule has 3 rings (SSSR count). The lowest BCUT2D eigenvalue weighted by molar-refractivity contribution is -0.120. The monoisotopic (exact) mass is 343 g/mol.